The van der Waals surface area contributed by atoms with Gasteiger partial charge >= 0.3 is 0 Å². The van der Waals surface area contributed by atoms with Gasteiger partial charge in [0.25, 0.3) is 5.91 Å². The second-order valence-electron chi connectivity index (χ2n) is 5.56. The summed E-state index contributed by atoms with van der Waals surface area (Å²) in [6, 6.07) is 6.47. The van der Waals surface area contributed by atoms with Gasteiger partial charge in [0.2, 0.25) is 0 Å². The van der Waals surface area contributed by atoms with Crippen LogP contribution in [0.3, 0.4) is 0 Å². The van der Waals surface area contributed by atoms with Crippen molar-refractivity contribution in [2.45, 2.75) is 26.7 Å². The number of carbonyl (C=O) groups excluding carboxylic acids is 1. The molecule has 2 aromatic rings. The SMILES string of the molecule is CCCOc1ccc(NC(=O)c2cc(F)c(F)cc2Cl)cc1OCCC. The van der Waals surface area contributed by atoms with E-state index in [4.69, 9.17) is 21.1 Å². The van der Waals surface area contributed by atoms with Crippen molar-refractivity contribution in [1.29, 1.82) is 0 Å². The fraction of sp³-hybridized carbons (Fsp3) is 0.316. The van der Waals surface area contributed by atoms with E-state index < -0.39 is 17.5 Å². The zero-order valence-electron chi connectivity index (χ0n) is 14.6. The van der Waals surface area contributed by atoms with Crippen LogP contribution in [0.1, 0.15) is 37.0 Å². The molecule has 0 aliphatic rings. The van der Waals surface area contributed by atoms with Gasteiger partial charge in [-0.2, -0.15) is 0 Å². The molecule has 0 radical (unpaired) electrons. The summed E-state index contributed by atoms with van der Waals surface area (Å²) in [5, 5.41) is 2.42. The van der Waals surface area contributed by atoms with E-state index >= 15 is 0 Å². The van der Waals surface area contributed by atoms with Crippen LogP contribution in [0.25, 0.3) is 0 Å². The third kappa shape index (κ3) is 5.08. The molecule has 1 amide bonds. The second kappa shape index (κ2) is 9.38. The lowest BCUT2D eigenvalue weighted by atomic mass is 10.2. The number of benzene rings is 2. The maximum absolute atomic E-state index is 13.4. The third-order valence-electron chi connectivity index (χ3n) is 3.38. The summed E-state index contributed by atoms with van der Waals surface area (Å²) in [5.74, 6) is -1.84. The van der Waals surface area contributed by atoms with Crippen molar-refractivity contribution in [1.82, 2.24) is 0 Å². The van der Waals surface area contributed by atoms with Gasteiger partial charge in [-0.3, -0.25) is 4.79 Å². The van der Waals surface area contributed by atoms with E-state index in [1.807, 2.05) is 13.8 Å². The van der Waals surface area contributed by atoms with Gasteiger partial charge in [-0.1, -0.05) is 25.4 Å². The minimum Gasteiger partial charge on any atom is -0.490 e. The highest BCUT2D eigenvalue weighted by molar-refractivity contribution is 6.34. The first kappa shape index (κ1) is 20.0. The monoisotopic (exact) mass is 383 g/mol. The van der Waals surface area contributed by atoms with Gasteiger partial charge in [-0.05, 0) is 37.1 Å². The quantitative estimate of drug-likeness (QED) is 0.617. The Kier molecular flexibility index (Phi) is 7.21. The summed E-state index contributed by atoms with van der Waals surface area (Å²) in [6.07, 6.45) is 1.66. The lowest BCUT2D eigenvalue weighted by molar-refractivity contribution is 0.102. The van der Waals surface area contributed by atoms with E-state index in [1.54, 1.807) is 18.2 Å². The number of amides is 1. The Morgan fingerprint density at radius 2 is 1.62 bits per heavy atom. The molecule has 0 heterocycles. The first-order valence-electron chi connectivity index (χ1n) is 8.31. The molecular weight excluding hydrogens is 364 g/mol. The van der Waals surface area contributed by atoms with Crippen molar-refractivity contribution in [2.24, 2.45) is 0 Å². The molecule has 7 heteroatoms. The Balaban J connectivity index is 2.22. The first-order valence-corrected chi connectivity index (χ1v) is 8.69. The number of hydrogen-bond acceptors (Lipinski definition) is 3. The Hall–Kier alpha value is -2.34. The molecule has 0 aromatic heterocycles. The van der Waals surface area contributed by atoms with Crippen LogP contribution in [0.5, 0.6) is 11.5 Å². The van der Waals surface area contributed by atoms with E-state index in [1.165, 1.54) is 0 Å². The van der Waals surface area contributed by atoms with Gasteiger partial charge in [-0.25, -0.2) is 8.78 Å². The molecule has 0 fully saturated rings. The van der Waals surface area contributed by atoms with Gasteiger partial charge in [0.1, 0.15) is 0 Å². The minimum atomic E-state index is -1.14. The second-order valence-corrected chi connectivity index (χ2v) is 5.97. The van der Waals surface area contributed by atoms with Crippen LogP contribution in [-0.4, -0.2) is 19.1 Å². The first-order chi connectivity index (χ1) is 12.5. The van der Waals surface area contributed by atoms with Gasteiger partial charge in [0.05, 0.1) is 23.8 Å². The lowest BCUT2D eigenvalue weighted by Crippen LogP contribution is -2.13. The average molecular weight is 384 g/mol. The maximum atomic E-state index is 13.4. The van der Waals surface area contributed by atoms with Gasteiger partial charge in [0.15, 0.2) is 23.1 Å². The summed E-state index contributed by atoms with van der Waals surface area (Å²) in [7, 11) is 0. The molecule has 0 aliphatic heterocycles. The molecule has 0 aliphatic carbocycles. The summed E-state index contributed by atoms with van der Waals surface area (Å²) >= 11 is 5.83. The normalized spacial score (nSPS) is 10.5. The fourth-order valence-electron chi connectivity index (χ4n) is 2.14. The van der Waals surface area contributed by atoms with Crippen molar-refractivity contribution < 1.29 is 23.0 Å². The zero-order chi connectivity index (χ0) is 19.1. The number of hydrogen-bond donors (Lipinski definition) is 1. The molecule has 2 rings (SSSR count). The number of carbonyl (C=O) groups is 1. The lowest BCUT2D eigenvalue weighted by Gasteiger charge is -2.14. The molecule has 26 heavy (non-hydrogen) atoms. The van der Waals surface area contributed by atoms with Crippen LogP contribution in [0.4, 0.5) is 14.5 Å². The predicted molar refractivity (Wildman–Crippen MR) is 97.3 cm³/mol. The fourth-order valence-corrected chi connectivity index (χ4v) is 2.37. The van der Waals surface area contributed by atoms with E-state index in [-0.39, 0.29) is 10.6 Å². The topological polar surface area (TPSA) is 47.6 Å². The van der Waals surface area contributed by atoms with E-state index in [2.05, 4.69) is 5.32 Å². The number of anilines is 1. The number of ether oxygens (including phenoxy) is 2. The standard InChI is InChI=1S/C19H20ClF2NO3/c1-3-7-25-17-6-5-12(9-18(17)26-8-4-2)23-19(24)13-10-15(21)16(22)11-14(13)20/h5-6,9-11H,3-4,7-8H2,1-2H3,(H,23,24). The van der Waals surface area contributed by atoms with Crippen molar-refractivity contribution in [3.8, 4) is 11.5 Å². The largest absolute Gasteiger partial charge is 0.490 e. The minimum absolute atomic E-state index is 0.159. The highest BCUT2D eigenvalue weighted by Crippen LogP contribution is 2.31. The van der Waals surface area contributed by atoms with Crippen LogP contribution in [0.15, 0.2) is 30.3 Å². The van der Waals surface area contributed by atoms with Crippen LogP contribution >= 0.6 is 11.6 Å². The molecule has 0 atom stereocenters. The molecule has 0 bridgehead atoms. The molecular formula is C19H20ClF2NO3. The number of nitrogens with one attached hydrogen (secondary N) is 1. The van der Waals surface area contributed by atoms with Crippen molar-refractivity contribution in [2.75, 3.05) is 18.5 Å². The Morgan fingerprint density at radius 1 is 1.00 bits per heavy atom. The highest BCUT2D eigenvalue weighted by Gasteiger charge is 2.16. The Labute approximate surface area is 156 Å². The van der Waals surface area contributed by atoms with E-state index in [0.29, 0.717) is 30.4 Å². The highest BCUT2D eigenvalue weighted by atomic mass is 35.5. The molecule has 0 spiro atoms. The van der Waals surface area contributed by atoms with Crippen molar-refractivity contribution in [3.63, 3.8) is 0 Å². The molecule has 4 nitrogen and oxygen atoms in total. The molecule has 140 valence electrons. The van der Waals surface area contributed by atoms with Gasteiger partial charge in [0, 0.05) is 11.8 Å². The Bertz CT molecular complexity index is 784. The van der Waals surface area contributed by atoms with Crippen LogP contribution in [0, 0.1) is 11.6 Å². The van der Waals surface area contributed by atoms with Gasteiger partial charge < -0.3 is 14.8 Å². The average Bonchev–Trinajstić information content (AvgIpc) is 2.62. The van der Waals surface area contributed by atoms with Crippen LogP contribution in [0.2, 0.25) is 5.02 Å². The zero-order valence-corrected chi connectivity index (χ0v) is 15.3. The predicted octanol–water partition coefficient (Wildman–Crippen LogP) is 5.45. The van der Waals surface area contributed by atoms with Gasteiger partial charge in [-0.15, -0.1) is 0 Å². The summed E-state index contributed by atoms with van der Waals surface area (Å²) < 4.78 is 37.8. The van der Waals surface area contributed by atoms with E-state index in [0.717, 1.165) is 25.0 Å². The number of halogens is 3. The number of rotatable bonds is 8. The van der Waals surface area contributed by atoms with Crippen molar-refractivity contribution >= 4 is 23.2 Å². The van der Waals surface area contributed by atoms with Crippen molar-refractivity contribution in [3.05, 3.63) is 52.6 Å². The molecule has 0 unspecified atom stereocenters. The van der Waals surface area contributed by atoms with E-state index in [9.17, 15) is 13.6 Å². The molecule has 0 saturated carbocycles. The summed E-state index contributed by atoms with van der Waals surface area (Å²) in [4.78, 5) is 12.3. The molecule has 0 saturated heterocycles. The Morgan fingerprint density at radius 3 is 2.27 bits per heavy atom. The maximum Gasteiger partial charge on any atom is 0.257 e. The summed E-state index contributed by atoms with van der Waals surface area (Å²) in [5.41, 5.74) is 0.263. The van der Waals surface area contributed by atoms with Crippen LogP contribution in [-0.2, 0) is 0 Å². The van der Waals surface area contributed by atoms with Crippen LogP contribution < -0.4 is 14.8 Å². The smallest absolute Gasteiger partial charge is 0.257 e. The molecule has 1 N–H and O–H groups in total. The third-order valence-corrected chi connectivity index (χ3v) is 3.69. The molecule has 2 aromatic carbocycles. The summed E-state index contributed by atoms with van der Waals surface area (Å²) in [6.45, 7) is 5.00.